The minimum Gasteiger partial charge on any atom is -0.497 e. The maximum Gasteiger partial charge on any atom is 0.226 e. The first kappa shape index (κ1) is 18.3. The zero-order valence-electron chi connectivity index (χ0n) is 15.8. The maximum absolute atomic E-state index is 13.2. The van der Waals surface area contributed by atoms with Gasteiger partial charge in [-0.1, -0.05) is 0 Å². The monoisotopic (exact) mass is 390 g/mol. The van der Waals surface area contributed by atoms with Crippen LogP contribution in [0.1, 0.15) is 31.0 Å². The second-order valence-electron chi connectivity index (χ2n) is 7.61. The third-order valence-electron chi connectivity index (χ3n) is 6.02. The van der Waals surface area contributed by atoms with Gasteiger partial charge in [-0.3, -0.25) is 4.79 Å². The lowest BCUT2D eigenvalue weighted by atomic mass is 9.85. The van der Waals surface area contributed by atoms with E-state index in [4.69, 9.17) is 4.74 Å². The van der Waals surface area contributed by atoms with Gasteiger partial charge in [0.15, 0.2) is 9.84 Å². The van der Waals surface area contributed by atoms with E-state index >= 15 is 0 Å². The predicted octanol–water partition coefficient (Wildman–Crippen LogP) is 2.32. The number of H-pyrrole nitrogens is 1. The van der Waals surface area contributed by atoms with Gasteiger partial charge in [-0.2, -0.15) is 0 Å². The molecule has 1 amide bonds. The lowest BCUT2D eigenvalue weighted by molar-refractivity contribution is -0.137. The van der Waals surface area contributed by atoms with Crippen LogP contribution in [-0.2, 0) is 27.5 Å². The molecule has 0 saturated carbocycles. The second kappa shape index (κ2) is 6.86. The summed E-state index contributed by atoms with van der Waals surface area (Å²) >= 11 is 0. The number of aryl methyl sites for hydroxylation is 1. The molecule has 0 bridgehead atoms. The highest BCUT2D eigenvalue weighted by Gasteiger charge is 2.37. The Hall–Kier alpha value is -2.02. The van der Waals surface area contributed by atoms with E-state index in [1.807, 2.05) is 25.1 Å². The first-order chi connectivity index (χ1) is 12.9. The molecule has 6 nitrogen and oxygen atoms in total. The van der Waals surface area contributed by atoms with Crippen LogP contribution in [0.2, 0.25) is 0 Å². The summed E-state index contributed by atoms with van der Waals surface area (Å²) in [6, 6.07) is 5.81. The molecule has 1 aliphatic carbocycles. The number of ether oxygens (including phenoxy) is 1. The van der Waals surface area contributed by atoms with Crippen molar-refractivity contribution in [3.05, 3.63) is 29.5 Å². The SMILES string of the molecule is CCN(C(=O)C1CCc2[nH]c3ccc(OC)cc3c2C1)C1CCS(=O)(=O)C1. The molecule has 2 aliphatic rings. The van der Waals surface area contributed by atoms with Crippen molar-refractivity contribution in [2.24, 2.45) is 5.92 Å². The molecule has 2 unspecified atom stereocenters. The fraction of sp³-hybridized carbons (Fsp3) is 0.550. The molecule has 1 saturated heterocycles. The summed E-state index contributed by atoms with van der Waals surface area (Å²) in [7, 11) is -1.35. The Bertz CT molecular complexity index is 979. The number of rotatable bonds is 4. The van der Waals surface area contributed by atoms with Crippen molar-refractivity contribution >= 4 is 26.6 Å². The zero-order chi connectivity index (χ0) is 19.2. The van der Waals surface area contributed by atoms with Crippen LogP contribution in [0.25, 0.3) is 10.9 Å². The molecule has 1 fully saturated rings. The van der Waals surface area contributed by atoms with E-state index in [2.05, 4.69) is 4.98 Å². The van der Waals surface area contributed by atoms with Gasteiger partial charge in [-0.15, -0.1) is 0 Å². The number of methoxy groups -OCH3 is 1. The van der Waals surface area contributed by atoms with Crippen LogP contribution in [0.3, 0.4) is 0 Å². The first-order valence-electron chi connectivity index (χ1n) is 9.60. The van der Waals surface area contributed by atoms with Crippen LogP contribution in [0.5, 0.6) is 5.75 Å². The number of carbonyl (C=O) groups excluding carboxylic acids is 1. The van der Waals surface area contributed by atoms with Gasteiger partial charge in [0.25, 0.3) is 0 Å². The number of carbonyl (C=O) groups is 1. The zero-order valence-corrected chi connectivity index (χ0v) is 16.6. The summed E-state index contributed by atoms with van der Waals surface area (Å²) < 4.78 is 29.0. The highest BCUT2D eigenvalue weighted by molar-refractivity contribution is 7.91. The Labute approximate surface area is 159 Å². The number of nitrogens with zero attached hydrogens (tertiary/aromatic N) is 1. The molecule has 0 spiro atoms. The lowest BCUT2D eigenvalue weighted by Gasteiger charge is -2.32. The van der Waals surface area contributed by atoms with Gasteiger partial charge in [-0.25, -0.2) is 8.42 Å². The Morgan fingerprint density at radius 3 is 2.81 bits per heavy atom. The molecule has 4 rings (SSSR count). The standard InChI is InChI=1S/C20H26N2O4S/c1-3-22(14-8-9-27(24,25)12-14)20(23)13-4-6-18-16(10-13)17-11-15(26-2)5-7-19(17)21-18/h5,7,11,13-14,21H,3-4,6,8-10,12H2,1-2H3. The molecule has 7 heteroatoms. The number of amides is 1. The number of hydrogen-bond acceptors (Lipinski definition) is 4. The highest BCUT2D eigenvalue weighted by Crippen LogP contribution is 2.35. The molecule has 0 radical (unpaired) electrons. The molecule has 2 aromatic rings. The average Bonchev–Trinajstić information content (AvgIpc) is 3.20. The molecule has 1 N–H and O–H groups in total. The number of benzene rings is 1. The Kier molecular flexibility index (Phi) is 4.66. The maximum atomic E-state index is 13.2. The molecule has 1 aromatic heterocycles. The molecule has 2 atom stereocenters. The Balaban J connectivity index is 1.58. The topological polar surface area (TPSA) is 79.5 Å². The largest absolute Gasteiger partial charge is 0.497 e. The lowest BCUT2D eigenvalue weighted by Crippen LogP contribution is -2.45. The predicted molar refractivity (Wildman–Crippen MR) is 105 cm³/mol. The van der Waals surface area contributed by atoms with E-state index in [9.17, 15) is 13.2 Å². The van der Waals surface area contributed by atoms with Crippen molar-refractivity contribution in [2.45, 2.75) is 38.6 Å². The van der Waals surface area contributed by atoms with Crippen molar-refractivity contribution in [3.63, 3.8) is 0 Å². The molecular formula is C20H26N2O4S. The molecule has 146 valence electrons. The Morgan fingerprint density at radius 1 is 1.33 bits per heavy atom. The number of hydrogen-bond donors (Lipinski definition) is 1. The van der Waals surface area contributed by atoms with Crippen LogP contribution in [0, 0.1) is 5.92 Å². The van der Waals surface area contributed by atoms with E-state index in [-0.39, 0.29) is 29.4 Å². The molecule has 2 heterocycles. The molecule has 27 heavy (non-hydrogen) atoms. The van der Waals surface area contributed by atoms with Gasteiger partial charge >= 0.3 is 0 Å². The number of fused-ring (bicyclic) bond motifs is 3. The van der Waals surface area contributed by atoms with Crippen molar-refractivity contribution in [1.82, 2.24) is 9.88 Å². The van der Waals surface area contributed by atoms with E-state index in [0.717, 1.165) is 29.5 Å². The van der Waals surface area contributed by atoms with Gasteiger partial charge in [0, 0.05) is 35.1 Å². The minimum absolute atomic E-state index is 0.0917. The number of nitrogens with one attached hydrogen (secondary N) is 1. The fourth-order valence-corrected chi connectivity index (χ4v) is 6.31. The number of sulfone groups is 1. The summed E-state index contributed by atoms with van der Waals surface area (Å²) in [4.78, 5) is 18.5. The van der Waals surface area contributed by atoms with Crippen LogP contribution < -0.4 is 4.74 Å². The van der Waals surface area contributed by atoms with Crippen molar-refractivity contribution in [1.29, 1.82) is 0 Å². The smallest absolute Gasteiger partial charge is 0.226 e. The van der Waals surface area contributed by atoms with E-state index < -0.39 is 9.84 Å². The van der Waals surface area contributed by atoms with E-state index in [0.29, 0.717) is 19.4 Å². The van der Waals surface area contributed by atoms with Crippen LogP contribution >= 0.6 is 0 Å². The summed E-state index contributed by atoms with van der Waals surface area (Å²) in [6.07, 6.45) is 2.89. The highest BCUT2D eigenvalue weighted by atomic mass is 32.2. The van der Waals surface area contributed by atoms with Crippen molar-refractivity contribution in [2.75, 3.05) is 25.2 Å². The first-order valence-corrected chi connectivity index (χ1v) is 11.4. The molecule has 1 aliphatic heterocycles. The third-order valence-corrected chi connectivity index (χ3v) is 7.77. The van der Waals surface area contributed by atoms with E-state index in [1.54, 1.807) is 12.0 Å². The minimum atomic E-state index is -3.00. The van der Waals surface area contributed by atoms with Crippen molar-refractivity contribution < 1.29 is 17.9 Å². The van der Waals surface area contributed by atoms with Gasteiger partial charge < -0.3 is 14.6 Å². The normalized spacial score (nSPS) is 23.9. The number of aromatic amines is 1. The Morgan fingerprint density at radius 2 is 2.15 bits per heavy atom. The average molecular weight is 391 g/mol. The summed E-state index contributed by atoms with van der Waals surface area (Å²) in [6.45, 7) is 2.50. The van der Waals surface area contributed by atoms with E-state index in [1.165, 1.54) is 11.3 Å². The summed E-state index contributed by atoms with van der Waals surface area (Å²) in [5.41, 5.74) is 3.47. The van der Waals surface area contributed by atoms with Crippen LogP contribution in [0.4, 0.5) is 0 Å². The molecular weight excluding hydrogens is 364 g/mol. The van der Waals surface area contributed by atoms with Gasteiger partial charge in [-0.05, 0) is 56.4 Å². The van der Waals surface area contributed by atoms with Crippen molar-refractivity contribution in [3.8, 4) is 5.75 Å². The fourth-order valence-electron chi connectivity index (χ4n) is 4.58. The van der Waals surface area contributed by atoms with Crippen LogP contribution in [0.15, 0.2) is 18.2 Å². The second-order valence-corrected chi connectivity index (χ2v) is 9.84. The van der Waals surface area contributed by atoms with Gasteiger partial charge in [0.2, 0.25) is 5.91 Å². The summed E-state index contributed by atoms with van der Waals surface area (Å²) in [5, 5.41) is 1.12. The van der Waals surface area contributed by atoms with Gasteiger partial charge in [0.1, 0.15) is 5.75 Å². The third kappa shape index (κ3) is 3.33. The van der Waals surface area contributed by atoms with Crippen LogP contribution in [-0.4, -0.2) is 55.4 Å². The van der Waals surface area contributed by atoms with Gasteiger partial charge in [0.05, 0.1) is 18.6 Å². The molecule has 1 aromatic carbocycles. The summed E-state index contributed by atoms with van der Waals surface area (Å²) in [5.74, 6) is 1.12. The quantitative estimate of drug-likeness (QED) is 0.869. The number of aromatic nitrogens is 1.